The molecule has 1 atom stereocenters. The molecular formula is C17H29Cl2N3O. The van der Waals surface area contributed by atoms with Crippen LogP contribution in [0.25, 0.3) is 0 Å². The standard InChI is InChI=1S/C17H27N3O.2ClH/c1-15-13-19(14-16-7-4-3-5-8-16)11-12-20(15)17(21)9-6-10-18-2;;/h3-5,7-8,15,18H,6,9-14H2,1-2H3;2*1H. The molecule has 1 N–H and O–H groups in total. The molecule has 6 heteroatoms. The van der Waals surface area contributed by atoms with E-state index in [0.29, 0.717) is 18.4 Å². The van der Waals surface area contributed by atoms with Gasteiger partial charge < -0.3 is 10.2 Å². The molecule has 23 heavy (non-hydrogen) atoms. The molecule has 2 rings (SSSR count). The van der Waals surface area contributed by atoms with Crippen molar-refractivity contribution in [3.8, 4) is 0 Å². The van der Waals surface area contributed by atoms with Crippen LogP contribution in [0.2, 0.25) is 0 Å². The lowest BCUT2D eigenvalue weighted by molar-refractivity contribution is -0.135. The minimum atomic E-state index is 0. The van der Waals surface area contributed by atoms with Gasteiger partial charge in [0.2, 0.25) is 5.91 Å². The molecule has 0 bridgehead atoms. The third kappa shape index (κ3) is 7.08. The highest BCUT2D eigenvalue weighted by molar-refractivity contribution is 5.85. The van der Waals surface area contributed by atoms with Crippen LogP contribution in [0.3, 0.4) is 0 Å². The molecule has 1 aliphatic heterocycles. The largest absolute Gasteiger partial charge is 0.337 e. The van der Waals surface area contributed by atoms with E-state index in [9.17, 15) is 4.79 Å². The smallest absolute Gasteiger partial charge is 0.222 e. The number of piperazine rings is 1. The van der Waals surface area contributed by atoms with Gasteiger partial charge in [-0.05, 0) is 32.5 Å². The van der Waals surface area contributed by atoms with Gasteiger partial charge >= 0.3 is 0 Å². The van der Waals surface area contributed by atoms with Crippen molar-refractivity contribution in [3.63, 3.8) is 0 Å². The average Bonchev–Trinajstić information content (AvgIpc) is 2.48. The molecule has 132 valence electrons. The highest BCUT2D eigenvalue weighted by atomic mass is 35.5. The van der Waals surface area contributed by atoms with E-state index in [1.807, 2.05) is 13.1 Å². The second-order valence-corrected chi connectivity index (χ2v) is 5.86. The summed E-state index contributed by atoms with van der Waals surface area (Å²) in [6, 6.07) is 10.9. The van der Waals surface area contributed by atoms with E-state index in [2.05, 4.69) is 46.3 Å². The molecule has 4 nitrogen and oxygen atoms in total. The van der Waals surface area contributed by atoms with Crippen molar-refractivity contribution in [1.29, 1.82) is 0 Å². The summed E-state index contributed by atoms with van der Waals surface area (Å²) >= 11 is 0. The Labute approximate surface area is 152 Å². The normalized spacial score (nSPS) is 18.0. The first-order valence-corrected chi connectivity index (χ1v) is 7.91. The first-order valence-electron chi connectivity index (χ1n) is 7.91. The van der Waals surface area contributed by atoms with Crippen LogP contribution in [0.1, 0.15) is 25.3 Å². The van der Waals surface area contributed by atoms with E-state index in [-0.39, 0.29) is 24.8 Å². The molecule has 1 aromatic rings. The SMILES string of the molecule is CNCCCC(=O)N1CCN(Cc2ccccc2)CC1C.Cl.Cl. The van der Waals surface area contributed by atoms with Crippen molar-refractivity contribution < 1.29 is 4.79 Å². The molecular weight excluding hydrogens is 333 g/mol. The number of hydrogen-bond donors (Lipinski definition) is 1. The number of amides is 1. The minimum Gasteiger partial charge on any atom is -0.337 e. The predicted molar refractivity (Wildman–Crippen MR) is 101 cm³/mol. The van der Waals surface area contributed by atoms with Crippen LogP contribution in [0.4, 0.5) is 0 Å². The Morgan fingerprint density at radius 1 is 1.22 bits per heavy atom. The Morgan fingerprint density at radius 2 is 1.91 bits per heavy atom. The van der Waals surface area contributed by atoms with E-state index < -0.39 is 0 Å². The zero-order valence-corrected chi connectivity index (χ0v) is 15.7. The van der Waals surface area contributed by atoms with Gasteiger partial charge in [-0.15, -0.1) is 24.8 Å². The first-order chi connectivity index (χ1) is 10.2. The summed E-state index contributed by atoms with van der Waals surface area (Å²) < 4.78 is 0. The molecule has 1 amide bonds. The fourth-order valence-corrected chi connectivity index (χ4v) is 2.95. The fraction of sp³-hybridized carbons (Fsp3) is 0.588. The number of halogens is 2. The number of nitrogens with zero attached hydrogens (tertiary/aromatic N) is 2. The van der Waals surface area contributed by atoms with Crippen molar-refractivity contribution in [2.24, 2.45) is 0 Å². The molecule has 1 aromatic carbocycles. The topological polar surface area (TPSA) is 35.6 Å². The molecule has 0 radical (unpaired) electrons. The van der Waals surface area contributed by atoms with Gasteiger partial charge in [-0.2, -0.15) is 0 Å². The number of carbonyl (C=O) groups is 1. The van der Waals surface area contributed by atoms with E-state index in [1.54, 1.807) is 0 Å². The molecule has 1 aliphatic rings. The van der Waals surface area contributed by atoms with Crippen molar-refractivity contribution in [3.05, 3.63) is 35.9 Å². The summed E-state index contributed by atoms with van der Waals surface area (Å²) in [4.78, 5) is 16.7. The third-order valence-corrected chi connectivity index (χ3v) is 4.10. The van der Waals surface area contributed by atoms with Gasteiger partial charge in [0.1, 0.15) is 0 Å². The number of carbonyl (C=O) groups excluding carboxylic acids is 1. The quantitative estimate of drug-likeness (QED) is 0.790. The maximum atomic E-state index is 12.2. The van der Waals surface area contributed by atoms with Crippen molar-refractivity contribution in [2.75, 3.05) is 33.2 Å². The van der Waals surface area contributed by atoms with Crippen LogP contribution < -0.4 is 5.32 Å². The Morgan fingerprint density at radius 3 is 2.52 bits per heavy atom. The second-order valence-electron chi connectivity index (χ2n) is 5.86. The van der Waals surface area contributed by atoms with Gasteiger partial charge in [0.05, 0.1) is 0 Å². The lowest BCUT2D eigenvalue weighted by atomic mass is 10.1. The molecule has 0 aliphatic carbocycles. The maximum Gasteiger partial charge on any atom is 0.222 e. The van der Waals surface area contributed by atoms with E-state index >= 15 is 0 Å². The van der Waals surface area contributed by atoms with E-state index in [1.165, 1.54) is 5.56 Å². The van der Waals surface area contributed by atoms with Crippen LogP contribution in [-0.2, 0) is 11.3 Å². The summed E-state index contributed by atoms with van der Waals surface area (Å²) in [6.45, 7) is 6.84. The first kappa shape index (κ1) is 22.2. The molecule has 1 fully saturated rings. The van der Waals surface area contributed by atoms with E-state index in [4.69, 9.17) is 0 Å². The molecule has 0 saturated carbocycles. The third-order valence-electron chi connectivity index (χ3n) is 4.10. The summed E-state index contributed by atoms with van der Waals surface area (Å²) in [7, 11) is 1.93. The number of rotatable bonds is 6. The average molecular weight is 362 g/mol. The summed E-state index contributed by atoms with van der Waals surface area (Å²) in [6.07, 6.45) is 1.58. The highest BCUT2D eigenvalue weighted by Crippen LogP contribution is 2.14. The Hall–Kier alpha value is -0.810. The van der Waals surface area contributed by atoms with Crippen LogP contribution in [-0.4, -0.2) is 55.0 Å². The lowest BCUT2D eigenvalue weighted by Gasteiger charge is -2.40. The summed E-state index contributed by atoms with van der Waals surface area (Å²) in [5, 5.41) is 3.09. The molecule has 1 saturated heterocycles. The van der Waals surface area contributed by atoms with Crippen LogP contribution in [0, 0.1) is 0 Å². The zero-order valence-electron chi connectivity index (χ0n) is 14.0. The van der Waals surface area contributed by atoms with Crippen molar-refractivity contribution >= 4 is 30.7 Å². The maximum absolute atomic E-state index is 12.2. The van der Waals surface area contributed by atoms with Gasteiger partial charge in [0, 0.05) is 38.6 Å². The fourth-order valence-electron chi connectivity index (χ4n) is 2.95. The predicted octanol–water partition coefficient (Wildman–Crippen LogP) is 2.56. The Bertz CT molecular complexity index is 445. The highest BCUT2D eigenvalue weighted by Gasteiger charge is 2.26. The lowest BCUT2D eigenvalue weighted by Crippen LogP contribution is -2.53. The Kier molecular flexibility index (Phi) is 11.3. The number of benzene rings is 1. The van der Waals surface area contributed by atoms with Gasteiger partial charge in [-0.25, -0.2) is 0 Å². The summed E-state index contributed by atoms with van der Waals surface area (Å²) in [5.41, 5.74) is 1.35. The van der Waals surface area contributed by atoms with Crippen molar-refractivity contribution in [1.82, 2.24) is 15.1 Å². The molecule has 0 aromatic heterocycles. The molecule has 1 unspecified atom stereocenters. The zero-order chi connectivity index (χ0) is 15.1. The molecule has 1 heterocycles. The monoisotopic (exact) mass is 361 g/mol. The minimum absolute atomic E-state index is 0. The molecule has 0 spiro atoms. The van der Waals surface area contributed by atoms with Crippen molar-refractivity contribution in [2.45, 2.75) is 32.4 Å². The summed E-state index contributed by atoms with van der Waals surface area (Å²) in [5.74, 6) is 0.303. The number of nitrogens with one attached hydrogen (secondary N) is 1. The van der Waals surface area contributed by atoms with Gasteiger partial charge in [-0.1, -0.05) is 30.3 Å². The van der Waals surface area contributed by atoms with Gasteiger partial charge in [0.25, 0.3) is 0 Å². The van der Waals surface area contributed by atoms with Crippen LogP contribution >= 0.6 is 24.8 Å². The second kappa shape index (κ2) is 11.7. The van der Waals surface area contributed by atoms with Gasteiger partial charge in [0.15, 0.2) is 0 Å². The van der Waals surface area contributed by atoms with E-state index in [0.717, 1.165) is 39.1 Å². The van der Waals surface area contributed by atoms with Gasteiger partial charge in [-0.3, -0.25) is 9.69 Å². The Balaban J connectivity index is 0.00000242. The van der Waals surface area contributed by atoms with Crippen LogP contribution in [0.5, 0.6) is 0 Å². The van der Waals surface area contributed by atoms with Crippen LogP contribution in [0.15, 0.2) is 30.3 Å². The number of hydrogen-bond acceptors (Lipinski definition) is 3.